The maximum atomic E-state index is 2.53. The highest BCUT2D eigenvalue weighted by atomic mass is 15.1. The van der Waals surface area contributed by atoms with Crippen molar-refractivity contribution in [3.63, 3.8) is 0 Å². The zero-order chi connectivity index (χ0) is 46.2. The number of fused-ring (bicyclic) bond motifs is 8. The van der Waals surface area contributed by atoms with E-state index in [2.05, 4.69) is 276 Å². The molecule has 10 aromatic carbocycles. The lowest BCUT2D eigenvalue weighted by atomic mass is 9.51. The van der Waals surface area contributed by atoms with E-state index in [4.69, 9.17) is 0 Å². The van der Waals surface area contributed by atoms with Crippen molar-refractivity contribution in [3.8, 4) is 22.3 Å². The molecule has 11 aromatic rings. The molecule has 3 aliphatic rings. The van der Waals surface area contributed by atoms with Gasteiger partial charge < -0.3 is 9.47 Å². The van der Waals surface area contributed by atoms with Gasteiger partial charge in [0.15, 0.2) is 0 Å². The molecule has 70 heavy (non-hydrogen) atoms. The van der Waals surface area contributed by atoms with Gasteiger partial charge in [-0.15, -0.1) is 0 Å². The van der Waals surface area contributed by atoms with Crippen LogP contribution in [0.25, 0.3) is 49.8 Å². The third-order valence-corrected chi connectivity index (χ3v) is 15.6. The predicted molar refractivity (Wildman–Crippen MR) is 291 cm³/mol. The first-order valence-corrected chi connectivity index (χ1v) is 24.7. The fraction of sp³-hybridized carbons (Fsp3) is 0.0588. The van der Waals surface area contributed by atoms with Crippen LogP contribution < -0.4 is 4.90 Å². The molecule has 2 heteroatoms. The SMILES string of the molecule is C1=CCCC(n2c3ccccc3c3ccc(N(c4ccc(-c5ccccc5)cc4)c4ccccc4C4(c5ccccc5)c5ccccc5C5(c6ccccc6)c6ccccc6-c6cccc4c65)cc32)=C1. The zero-order valence-corrected chi connectivity index (χ0v) is 38.7. The van der Waals surface area contributed by atoms with Gasteiger partial charge in [-0.1, -0.05) is 224 Å². The average molecular weight is 893 g/mol. The van der Waals surface area contributed by atoms with Crippen LogP contribution in [0.5, 0.6) is 0 Å². The summed E-state index contributed by atoms with van der Waals surface area (Å²) in [4.78, 5) is 2.53. The Morgan fingerprint density at radius 2 is 0.943 bits per heavy atom. The van der Waals surface area contributed by atoms with Crippen molar-refractivity contribution in [2.24, 2.45) is 0 Å². The van der Waals surface area contributed by atoms with Crippen LogP contribution in [0.1, 0.15) is 57.3 Å². The van der Waals surface area contributed by atoms with Crippen LogP contribution in [0.3, 0.4) is 0 Å². The van der Waals surface area contributed by atoms with E-state index in [1.807, 2.05) is 0 Å². The number of para-hydroxylation sites is 2. The van der Waals surface area contributed by atoms with Crippen molar-refractivity contribution >= 4 is 44.6 Å². The second kappa shape index (κ2) is 15.9. The first kappa shape index (κ1) is 40.4. The van der Waals surface area contributed by atoms with Crippen molar-refractivity contribution in [2.45, 2.75) is 23.7 Å². The average Bonchev–Trinajstić information content (AvgIpc) is 3.95. The maximum Gasteiger partial charge on any atom is 0.0728 e. The van der Waals surface area contributed by atoms with Gasteiger partial charge in [0.1, 0.15) is 0 Å². The molecule has 14 rings (SSSR count). The normalized spacial score (nSPS) is 17.5. The summed E-state index contributed by atoms with van der Waals surface area (Å²) in [6, 6.07) is 93.4. The van der Waals surface area contributed by atoms with Crippen LogP contribution in [0.15, 0.2) is 267 Å². The summed E-state index contributed by atoms with van der Waals surface area (Å²) in [6.07, 6.45) is 8.80. The Balaban J connectivity index is 1.10. The molecule has 2 unspecified atom stereocenters. The Hall–Kier alpha value is -8.72. The van der Waals surface area contributed by atoms with Gasteiger partial charge >= 0.3 is 0 Å². The number of hydrogen-bond donors (Lipinski definition) is 0. The fourth-order valence-electron chi connectivity index (χ4n) is 12.9. The predicted octanol–water partition coefficient (Wildman–Crippen LogP) is 17.2. The van der Waals surface area contributed by atoms with Crippen molar-refractivity contribution in [1.29, 1.82) is 0 Å². The third kappa shape index (κ3) is 5.68. The number of nitrogens with zero attached hydrogens (tertiary/aromatic N) is 2. The second-order valence-electron chi connectivity index (χ2n) is 19.0. The summed E-state index contributed by atoms with van der Waals surface area (Å²) in [5.74, 6) is 0. The summed E-state index contributed by atoms with van der Waals surface area (Å²) >= 11 is 0. The molecule has 0 bridgehead atoms. The largest absolute Gasteiger partial charge is 0.313 e. The van der Waals surface area contributed by atoms with Crippen LogP contribution in [-0.2, 0) is 10.8 Å². The van der Waals surface area contributed by atoms with E-state index in [9.17, 15) is 0 Å². The molecule has 3 aliphatic carbocycles. The van der Waals surface area contributed by atoms with Gasteiger partial charge in [-0.2, -0.15) is 0 Å². The summed E-state index contributed by atoms with van der Waals surface area (Å²) < 4.78 is 2.51. The summed E-state index contributed by atoms with van der Waals surface area (Å²) in [5, 5.41) is 2.52. The van der Waals surface area contributed by atoms with Gasteiger partial charge in [0, 0.05) is 27.8 Å². The Morgan fingerprint density at radius 1 is 0.386 bits per heavy atom. The van der Waals surface area contributed by atoms with Gasteiger partial charge in [-0.25, -0.2) is 0 Å². The maximum absolute atomic E-state index is 2.53. The van der Waals surface area contributed by atoms with Crippen molar-refractivity contribution < 1.29 is 0 Å². The van der Waals surface area contributed by atoms with Crippen LogP contribution in [0, 0.1) is 0 Å². The highest BCUT2D eigenvalue weighted by molar-refractivity contribution is 6.11. The van der Waals surface area contributed by atoms with E-state index in [1.165, 1.54) is 94.3 Å². The fourth-order valence-corrected chi connectivity index (χ4v) is 12.9. The zero-order valence-electron chi connectivity index (χ0n) is 38.7. The summed E-state index contributed by atoms with van der Waals surface area (Å²) in [7, 11) is 0. The van der Waals surface area contributed by atoms with Crippen molar-refractivity contribution in [2.75, 3.05) is 4.90 Å². The lowest BCUT2D eigenvalue weighted by Gasteiger charge is -2.50. The minimum absolute atomic E-state index is 0.540. The first-order valence-electron chi connectivity index (χ1n) is 24.7. The minimum atomic E-state index is -0.749. The topological polar surface area (TPSA) is 8.17 Å². The number of allylic oxidation sites excluding steroid dienone is 4. The molecule has 0 radical (unpaired) electrons. The van der Waals surface area contributed by atoms with E-state index in [0.717, 1.165) is 29.9 Å². The number of hydrogen-bond acceptors (Lipinski definition) is 1. The Kier molecular flexibility index (Phi) is 9.19. The molecular formula is C68H48N2. The van der Waals surface area contributed by atoms with E-state index >= 15 is 0 Å². The molecule has 0 N–H and O–H groups in total. The Labute approximate surface area is 409 Å². The molecule has 2 nitrogen and oxygen atoms in total. The van der Waals surface area contributed by atoms with E-state index < -0.39 is 10.8 Å². The molecular weight excluding hydrogens is 845 g/mol. The van der Waals surface area contributed by atoms with Crippen LogP contribution in [-0.4, -0.2) is 4.57 Å². The van der Waals surface area contributed by atoms with Gasteiger partial charge in [0.05, 0.1) is 27.6 Å². The Bertz CT molecular complexity index is 3880. The lowest BCUT2D eigenvalue weighted by molar-refractivity contribution is 0.627. The Morgan fingerprint density at radius 3 is 1.69 bits per heavy atom. The van der Waals surface area contributed by atoms with Crippen molar-refractivity contribution in [1.82, 2.24) is 4.57 Å². The summed E-state index contributed by atoms with van der Waals surface area (Å²) in [6.45, 7) is 0. The molecule has 0 fully saturated rings. The molecule has 0 saturated carbocycles. The highest BCUT2D eigenvalue weighted by Gasteiger charge is 2.58. The molecule has 1 aromatic heterocycles. The number of aromatic nitrogens is 1. The molecule has 1 heterocycles. The minimum Gasteiger partial charge on any atom is -0.313 e. The smallest absolute Gasteiger partial charge is 0.0728 e. The lowest BCUT2D eigenvalue weighted by Crippen LogP contribution is -2.44. The van der Waals surface area contributed by atoms with E-state index in [0.29, 0.717) is 0 Å². The first-order chi connectivity index (χ1) is 34.8. The van der Waals surface area contributed by atoms with Crippen molar-refractivity contribution in [3.05, 3.63) is 311 Å². The second-order valence-corrected chi connectivity index (χ2v) is 19.0. The monoisotopic (exact) mass is 892 g/mol. The van der Waals surface area contributed by atoms with Gasteiger partial charge in [-0.3, -0.25) is 0 Å². The molecule has 0 amide bonds. The van der Waals surface area contributed by atoms with Gasteiger partial charge in [0.2, 0.25) is 0 Å². The van der Waals surface area contributed by atoms with E-state index in [1.54, 1.807) is 0 Å². The van der Waals surface area contributed by atoms with Crippen LogP contribution >= 0.6 is 0 Å². The van der Waals surface area contributed by atoms with Crippen LogP contribution in [0.4, 0.5) is 17.1 Å². The molecule has 0 aliphatic heterocycles. The quantitative estimate of drug-likeness (QED) is 0.148. The van der Waals surface area contributed by atoms with Gasteiger partial charge in [0.25, 0.3) is 0 Å². The van der Waals surface area contributed by atoms with Gasteiger partial charge in [-0.05, 0) is 122 Å². The molecule has 330 valence electrons. The number of benzene rings is 10. The number of rotatable bonds is 8. The molecule has 0 saturated heterocycles. The van der Waals surface area contributed by atoms with E-state index in [-0.39, 0.29) is 0 Å². The molecule has 2 atom stereocenters. The third-order valence-electron chi connectivity index (χ3n) is 15.6. The number of anilines is 3. The highest BCUT2D eigenvalue weighted by Crippen LogP contribution is 2.66. The summed E-state index contributed by atoms with van der Waals surface area (Å²) in [5.41, 5.74) is 21.1. The van der Waals surface area contributed by atoms with Crippen LogP contribution in [0.2, 0.25) is 0 Å². The standard InChI is InChI=1S/C68H48N2/c1-5-22-47(23-6-1)48-40-42-52(43-41-48)69(53-44-45-56-55-31-14-19-38-63(55)70(65(56)46-53)51-28-11-4-12-29-51)64-39-20-18-36-61(64)67(49-24-7-2-8-25-49)59-34-16-17-35-60(59)68(50-26-9-3-10-27-50)58-33-15-13-30-54(58)57-32-21-37-62(67)66(57)68/h1-11,13-28,30-46H,12,29H2. The molecule has 0 spiro atoms.